The fourth-order valence-electron chi connectivity index (χ4n) is 5.04. The SMILES string of the molecule is O=C(O)c1cn(CC2C3CC4CC(C3)CC2C4)nn1. The minimum atomic E-state index is -0.990. The van der Waals surface area contributed by atoms with Crippen molar-refractivity contribution in [2.75, 3.05) is 0 Å². The summed E-state index contributed by atoms with van der Waals surface area (Å²) in [5.41, 5.74) is 0.0591. The largest absolute Gasteiger partial charge is 0.476 e. The molecule has 0 atom stereocenters. The lowest BCUT2D eigenvalue weighted by Crippen LogP contribution is -2.46. The molecule has 1 aromatic heterocycles. The molecule has 4 saturated carbocycles. The average molecular weight is 261 g/mol. The van der Waals surface area contributed by atoms with Crippen LogP contribution in [0, 0.1) is 29.6 Å². The summed E-state index contributed by atoms with van der Waals surface area (Å²) in [5, 5.41) is 16.6. The number of carboxylic acid groups (broad SMARTS) is 1. The molecule has 5 rings (SSSR count). The molecule has 19 heavy (non-hydrogen) atoms. The molecule has 5 nitrogen and oxygen atoms in total. The number of carbonyl (C=O) groups is 1. The number of nitrogens with zero attached hydrogens (tertiary/aromatic N) is 3. The van der Waals surface area contributed by atoms with Gasteiger partial charge in [0.05, 0.1) is 6.20 Å². The molecule has 0 unspecified atom stereocenters. The fraction of sp³-hybridized carbons (Fsp3) is 0.786. The lowest BCUT2D eigenvalue weighted by Gasteiger charge is -2.54. The van der Waals surface area contributed by atoms with Gasteiger partial charge in [-0.15, -0.1) is 5.10 Å². The quantitative estimate of drug-likeness (QED) is 0.904. The number of aromatic nitrogens is 3. The number of hydrogen-bond acceptors (Lipinski definition) is 3. The van der Waals surface area contributed by atoms with Crippen molar-refractivity contribution in [3.05, 3.63) is 11.9 Å². The van der Waals surface area contributed by atoms with Crippen molar-refractivity contribution in [3.8, 4) is 0 Å². The summed E-state index contributed by atoms with van der Waals surface area (Å²) < 4.78 is 1.75. The third-order valence-electron chi connectivity index (χ3n) is 5.58. The van der Waals surface area contributed by atoms with Gasteiger partial charge in [-0.2, -0.15) is 0 Å². The van der Waals surface area contributed by atoms with Crippen LogP contribution < -0.4 is 0 Å². The number of carboxylic acids is 1. The minimum absolute atomic E-state index is 0.0591. The van der Waals surface area contributed by atoms with Crippen LogP contribution in [-0.2, 0) is 6.54 Å². The van der Waals surface area contributed by atoms with Gasteiger partial charge >= 0.3 is 5.97 Å². The highest BCUT2D eigenvalue weighted by Crippen LogP contribution is 2.56. The molecule has 0 spiro atoms. The second kappa shape index (κ2) is 4.05. The lowest BCUT2D eigenvalue weighted by molar-refractivity contribution is -0.0444. The van der Waals surface area contributed by atoms with Crippen LogP contribution in [0.4, 0.5) is 0 Å². The first-order valence-electron chi connectivity index (χ1n) is 7.32. The van der Waals surface area contributed by atoms with Crippen LogP contribution in [0.5, 0.6) is 0 Å². The fourth-order valence-corrected chi connectivity index (χ4v) is 5.04. The predicted molar refractivity (Wildman–Crippen MR) is 67.5 cm³/mol. The lowest BCUT2D eigenvalue weighted by atomic mass is 9.52. The van der Waals surface area contributed by atoms with Gasteiger partial charge in [0.25, 0.3) is 0 Å². The Morgan fingerprint density at radius 2 is 1.84 bits per heavy atom. The van der Waals surface area contributed by atoms with E-state index in [1.54, 1.807) is 10.9 Å². The van der Waals surface area contributed by atoms with E-state index in [1.807, 2.05) is 0 Å². The topological polar surface area (TPSA) is 68.0 Å². The van der Waals surface area contributed by atoms with Crippen LogP contribution in [0.2, 0.25) is 0 Å². The zero-order chi connectivity index (χ0) is 13.0. The van der Waals surface area contributed by atoms with Crippen molar-refractivity contribution in [3.63, 3.8) is 0 Å². The standard InChI is InChI=1S/C14H19N3O2/c18-14(19)13-7-17(16-15-13)6-12-10-2-8-1-9(4-10)5-11(12)3-8/h7-12H,1-6H2,(H,18,19). The van der Waals surface area contributed by atoms with Crippen molar-refractivity contribution < 1.29 is 9.90 Å². The third-order valence-corrected chi connectivity index (χ3v) is 5.58. The van der Waals surface area contributed by atoms with Crippen molar-refractivity contribution in [2.45, 2.75) is 38.6 Å². The molecule has 1 N–H and O–H groups in total. The van der Waals surface area contributed by atoms with Crippen LogP contribution in [0.25, 0.3) is 0 Å². The zero-order valence-corrected chi connectivity index (χ0v) is 10.9. The Labute approximate surface area is 112 Å². The number of rotatable bonds is 3. The first-order chi connectivity index (χ1) is 9.19. The van der Waals surface area contributed by atoms with Gasteiger partial charge in [0.15, 0.2) is 5.69 Å². The van der Waals surface area contributed by atoms with E-state index in [-0.39, 0.29) is 5.69 Å². The van der Waals surface area contributed by atoms with Crippen LogP contribution >= 0.6 is 0 Å². The highest BCUT2D eigenvalue weighted by Gasteiger charge is 2.48. The van der Waals surface area contributed by atoms with Gasteiger partial charge < -0.3 is 5.11 Å². The Bertz CT molecular complexity index is 483. The Morgan fingerprint density at radius 1 is 1.21 bits per heavy atom. The third kappa shape index (κ3) is 1.86. The van der Waals surface area contributed by atoms with E-state index in [1.165, 1.54) is 32.1 Å². The molecule has 4 aliphatic rings. The average Bonchev–Trinajstić information content (AvgIpc) is 2.81. The first-order valence-corrected chi connectivity index (χ1v) is 7.32. The summed E-state index contributed by atoms with van der Waals surface area (Å²) in [6, 6.07) is 0. The molecular weight excluding hydrogens is 242 g/mol. The molecule has 1 heterocycles. The normalized spacial score (nSPS) is 39.7. The highest BCUT2D eigenvalue weighted by atomic mass is 16.4. The van der Waals surface area contributed by atoms with E-state index in [0.717, 1.165) is 30.2 Å². The summed E-state index contributed by atoms with van der Waals surface area (Å²) in [6.07, 6.45) is 8.59. The predicted octanol–water partition coefficient (Wildman–Crippen LogP) is 2.05. The van der Waals surface area contributed by atoms with E-state index in [0.29, 0.717) is 5.92 Å². The maximum absolute atomic E-state index is 10.8. The van der Waals surface area contributed by atoms with Gasteiger partial charge in [-0.1, -0.05) is 5.21 Å². The highest BCUT2D eigenvalue weighted by molar-refractivity contribution is 5.84. The Hall–Kier alpha value is -1.39. The summed E-state index contributed by atoms with van der Waals surface area (Å²) in [6.45, 7) is 0.856. The molecule has 0 aliphatic heterocycles. The van der Waals surface area contributed by atoms with Crippen molar-refractivity contribution in [1.82, 2.24) is 15.0 Å². The zero-order valence-electron chi connectivity index (χ0n) is 10.9. The van der Waals surface area contributed by atoms with Crippen LogP contribution in [0.3, 0.4) is 0 Å². The molecule has 102 valence electrons. The minimum Gasteiger partial charge on any atom is -0.476 e. The second-order valence-corrected chi connectivity index (χ2v) is 6.73. The van der Waals surface area contributed by atoms with E-state index in [2.05, 4.69) is 10.3 Å². The molecule has 4 bridgehead atoms. The Morgan fingerprint density at radius 3 is 2.37 bits per heavy atom. The first kappa shape index (κ1) is 11.4. The van der Waals surface area contributed by atoms with Gasteiger partial charge in [-0.3, -0.25) is 4.68 Å². The summed E-state index contributed by atoms with van der Waals surface area (Å²) in [7, 11) is 0. The Balaban J connectivity index is 1.51. The molecule has 1 aromatic rings. The van der Waals surface area contributed by atoms with Crippen LogP contribution in [0.15, 0.2) is 6.20 Å². The van der Waals surface area contributed by atoms with E-state index >= 15 is 0 Å². The molecule has 5 heteroatoms. The summed E-state index contributed by atoms with van der Waals surface area (Å²) >= 11 is 0. The molecule has 4 aliphatic carbocycles. The van der Waals surface area contributed by atoms with E-state index in [9.17, 15) is 4.79 Å². The van der Waals surface area contributed by atoms with Crippen molar-refractivity contribution >= 4 is 5.97 Å². The van der Waals surface area contributed by atoms with Gasteiger partial charge in [0, 0.05) is 6.54 Å². The second-order valence-electron chi connectivity index (χ2n) is 6.73. The maximum atomic E-state index is 10.8. The van der Waals surface area contributed by atoms with Gasteiger partial charge in [-0.25, -0.2) is 4.79 Å². The van der Waals surface area contributed by atoms with Gasteiger partial charge in [0.2, 0.25) is 0 Å². The summed E-state index contributed by atoms with van der Waals surface area (Å²) in [4.78, 5) is 10.8. The maximum Gasteiger partial charge on any atom is 0.358 e. The number of hydrogen-bond donors (Lipinski definition) is 1. The van der Waals surface area contributed by atoms with Crippen molar-refractivity contribution in [2.24, 2.45) is 29.6 Å². The van der Waals surface area contributed by atoms with Gasteiger partial charge in [-0.05, 0) is 61.7 Å². The molecule has 0 aromatic carbocycles. The van der Waals surface area contributed by atoms with Crippen LogP contribution in [-0.4, -0.2) is 26.1 Å². The Kier molecular flexibility index (Phi) is 2.44. The van der Waals surface area contributed by atoms with Crippen molar-refractivity contribution in [1.29, 1.82) is 0 Å². The molecule has 0 saturated heterocycles. The van der Waals surface area contributed by atoms with E-state index in [4.69, 9.17) is 5.11 Å². The summed E-state index contributed by atoms with van der Waals surface area (Å²) in [5.74, 6) is 3.34. The number of aromatic carboxylic acids is 1. The van der Waals surface area contributed by atoms with Gasteiger partial charge in [0.1, 0.15) is 0 Å². The molecule has 0 amide bonds. The van der Waals surface area contributed by atoms with Crippen LogP contribution in [0.1, 0.15) is 42.6 Å². The van der Waals surface area contributed by atoms with E-state index < -0.39 is 5.97 Å². The molecule has 0 radical (unpaired) electrons. The molecule has 4 fully saturated rings. The molecular formula is C14H19N3O2. The smallest absolute Gasteiger partial charge is 0.358 e. The monoisotopic (exact) mass is 261 g/mol.